The predicted octanol–water partition coefficient (Wildman–Crippen LogP) is 3.71. The first-order valence-corrected chi connectivity index (χ1v) is 6.63. The van der Waals surface area contributed by atoms with Crippen LogP contribution in [0.25, 0.3) is 0 Å². The van der Waals surface area contributed by atoms with Crippen molar-refractivity contribution in [2.24, 2.45) is 0 Å². The highest BCUT2D eigenvalue weighted by atomic mass is 35.5. The van der Waals surface area contributed by atoms with Crippen LogP contribution in [0.15, 0.2) is 36.5 Å². The van der Waals surface area contributed by atoms with Crippen LogP contribution in [0.3, 0.4) is 0 Å². The van der Waals surface area contributed by atoms with Crippen LogP contribution in [0.5, 0.6) is 0 Å². The van der Waals surface area contributed by atoms with Crippen molar-refractivity contribution in [2.75, 3.05) is 24.3 Å². The Bertz CT molecular complexity index is 644. The van der Waals surface area contributed by atoms with Gasteiger partial charge in [0.25, 0.3) is 5.91 Å². The molecule has 0 unspecified atom stereocenters. The molecule has 0 fully saturated rings. The fraction of sp³-hybridized carbons (Fsp3) is 0.143. The first kappa shape index (κ1) is 14.6. The van der Waals surface area contributed by atoms with Gasteiger partial charge in [0.15, 0.2) is 0 Å². The molecule has 1 N–H and O–H groups in total. The van der Waals surface area contributed by atoms with E-state index in [-0.39, 0.29) is 5.91 Å². The number of amides is 1. The topological polar surface area (TPSA) is 45.2 Å². The third-order valence-corrected chi connectivity index (χ3v) is 3.20. The highest BCUT2D eigenvalue weighted by Crippen LogP contribution is 2.26. The Kier molecular flexibility index (Phi) is 4.47. The molecule has 0 spiro atoms. The molecule has 1 aromatic heterocycles. The number of hydrogen-bond acceptors (Lipinski definition) is 3. The molecule has 104 valence electrons. The molecule has 0 aliphatic rings. The zero-order chi connectivity index (χ0) is 14.7. The van der Waals surface area contributed by atoms with E-state index < -0.39 is 0 Å². The average molecular weight is 310 g/mol. The van der Waals surface area contributed by atoms with Crippen LogP contribution in [0, 0.1) is 0 Å². The molecule has 20 heavy (non-hydrogen) atoms. The first-order chi connectivity index (χ1) is 9.49. The van der Waals surface area contributed by atoms with Gasteiger partial charge in [-0.25, -0.2) is 4.98 Å². The van der Waals surface area contributed by atoms with E-state index in [0.29, 0.717) is 27.1 Å². The molecule has 2 aromatic rings. The van der Waals surface area contributed by atoms with Crippen LogP contribution in [-0.4, -0.2) is 25.0 Å². The third-order valence-electron chi connectivity index (χ3n) is 2.63. The molecular weight excluding hydrogens is 297 g/mol. The molecule has 0 aliphatic heterocycles. The van der Waals surface area contributed by atoms with Crippen LogP contribution in [-0.2, 0) is 0 Å². The van der Waals surface area contributed by atoms with E-state index in [0.717, 1.165) is 0 Å². The second-order valence-electron chi connectivity index (χ2n) is 4.35. The van der Waals surface area contributed by atoms with Crippen LogP contribution >= 0.6 is 23.2 Å². The minimum absolute atomic E-state index is 0.286. The molecule has 0 saturated carbocycles. The van der Waals surface area contributed by atoms with E-state index in [1.807, 2.05) is 14.1 Å². The van der Waals surface area contributed by atoms with Crippen LogP contribution in [0.2, 0.25) is 10.0 Å². The van der Waals surface area contributed by atoms with Gasteiger partial charge in [-0.1, -0.05) is 23.2 Å². The number of rotatable bonds is 3. The summed E-state index contributed by atoms with van der Waals surface area (Å²) < 4.78 is 0. The molecule has 0 atom stereocenters. The summed E-state index contributed by atoms with van der Waals surface area (Å²) in [6, 6.07) is 8.32. The number of halogens is 2. The van der Waals surface area contributed by atoms with E-state index in [1.165, 1.54) is 0 Å². The molecule has 0 bridgehead atoms. The first-order valence-electron chi connectivity index (χ1n) is 5.88. The van der Waals surface area contributed by atoms with Crippen molar-refractivity contribution in [1.82, 2.24) is 4.98 Å². The fourth-order valence-corrected chi connectivity index (χ4v) is 2.05. The number of nitrogens with one attached hydrogen (secondary N) is 1. The van der Waals surface area contributed by atoms with Crippen molar-refractivity contribution in [3.8, 4) is 0 Å². The largest absolute Gasteiger partial charge is 0.362 e. The number of hydrogen-bond donors (Lipinski definition) is 1. The third kappa shape index (κ3) is 3.21. The Hall–Kier alpha value is -1.78. The normalized spacial score (nSPS) is 10.2. The summed E-state index contributed by atoms with van der Waals surface area (Å²) >= 11 is 11.9. The van der Waals surface area contributed by atoms with Gasteiger partial charge in [0.05, 0.1) is 16.3 Å². The number of benzene rings is 1. The highest BCUT2D eigenvalue weighted by molar-refractivity contribution is 6.36. The van der Waals surface area contributed by atoms with Gasteiger partial charge >= 0.3 is 0 Å². The van der Waals surface area contributed by atoms with E-state index in [4.69, 9.17) is 23.2 Å². The lowest BCUT2D eigenvalue weighted by molar-refractivity contribution is 0.102. The summed E-state index contributed by atoms with van der Waals surface area (Å²) in [5.74, 6) is 0.300. The number of anilines is 2. The number of pyridine rings is 1. The number of aromatic nitrogens is 1. The predicted molar refractivity (Wildman–Crippen MR) is 83.0 cm³/mol. The van der Waals surface area contributed by atoms with Crippen molar-refractivity contribution < 1.29 is 4.79 Å². The van der Waals surface area contributed by atoms with E-state index in [2.05, 4.69) is 10.3 Å². The van der Waals surface area contributed by atoms with Crippen molar-refractivity contribution in [1.29, 1.82) is 0 Å². The molecule has 0 aliphatic carbocycles. The monoisotopic (exact) mass is 309 g/mol. The number of nitrogens with zero attached hydrogens (tertiary/aromatic N) is 2. The standard InChI is InChI=1S/C14H13Cl2N3O/c1-19(2)13-10(4-3-7-17-13)14(20)18-12-8-9(15)5-6-11(12)16/h3-8H,1-2H3,(H,18,20). The number of carbonyl (C=O) groups is 1. The maximum Gasteiger partial charge on any atom is 0.259 e. The molecule has 0 radical (unpaired) electrons. The van der Waals surface area contributed by atoms with Crippen LogP contribution in [0.1, 0.15) is 10.4 Å². The molecule has 1 aromatic carbocycles. The Morgan fingerprint density at radius 3 is 2.70 bits per heavy atom. The van der Waals surface area contributed by atoms with Crippen molar-refractivity contribution in [2.45, 2.75) is 0 Å². The summed E-state index contributed by atoms with van der Waals surface area (Å²) in [7, 11) is 3.65. The zero-order valence-corrected chi connectivity index (χ0v) is 12.5. The van der Waals surface area contributed by atoms with Gasteiger partial charge in [0.2, 0.25) is 0 Å². The average Bonchev–Trinajstić information content (AvgIpc) is 2.42. The Balaban J connectivity index is 2.31. The summed E-state index contributed by atoms with van der Waals surface area (Å²) in [5, 5.41) is 3.67. The molecule has 6 heteroatoms. The van der Waals surface area contributed by atoms with Gasteiger partial charge in [0.1, 0.15) is 5.82 Å². The second-order valence-corrected chi connectivity index (χ2v) is 5.19. The van der Waals surface area contributed by atoms with Gasteiger partial charge in [0, 0.05) is 25.3 Å². The quantitative estimate of drug-likeness (QED) is 0.940. The lowest BCUT2D eigenvalue weighted by Crippen LogP contribution is -2.19. The SMILES string of the molecule is CN(C)c1ncccc1C(=O)Nc1cc(Cl)ccc1Cl. The van der Waals surface area contributed by atoms with Crippen molar-refractivity contribution in [3.05, 3.63) is 52.1 Å². The summed E-state index contributed by atoms with van der Waals surface area (Å²) in [6.45, 7) is 0. The molecule has 1 heterocycles. The van der Waals surface area contributed by atoms with Gasteiger partial charge in [-0.05, 0) is 30.3 Å². The minimum atomic E-state index is -0.286. The van der Waals surface area contributed by atoms with Crippen molar-refractivity contribution >= 4 is 40.6 Å². The van der Waals surface area contributed by atoms with E-state index in [1.54, 1.807) is 41.4 Å². The lowest BCUT2D eigenvalue weighted by Gasteiger charge is -2.15. The Morgan fingerprint density at radius 1 is 1.25 bits per heavy atom. The lowest BCUT2D eigenvalue weighted by atomic mass is 10.2. The van der Waals surface area contributed by atoms with Gasteiger partial charge in [-0.15, -0.1) is 0 Å². The van der Waals surface area contributed by atoms with E-state index in [9.17, 15) is 4.79 Å². The van der Waals surface area contributed by atoms with E-state index >= 15 is 0 Å². The highest BCUT2D eigenvalue weighted by Gasteiger charge is 2.15. The molecule has 4 nitrogen and oxygen atoms in total. The maximum absolute atomic E-state index is 12.3. The van der Waals surface area contributed by atoms with Gasteiger partial charge in [-0.2, -0.15) is 0 Å². The second kappa shape index (κ2) is 6.11. The van der Waals surface area contributed by atoms with Crippen molar-refractivity contribution in [3.63, 3.8) is 0 Å². The molecule has 1 amide bonds. The van der Waals surface area contributed by atoms with Gasteiger partial charge < -0.3 is 10.2 Å². The van der Waals surface area contributed by atoms with Crippen LogP contribution in [0.4, 0.5) is 11.5 Å². The zero-order valence-electron chi connectivity index (χ0n) is 11.0. The molecule has 2 rings (SSSR count). The van der Waals surface area contributed by atoms with Gasteiger partial charge in [-0.3, -0.25) is 4.79 Å². The van der Waals surface area contributed by atoms with Crippen LogP contribution < -0.4 is 10.2 Å². The summed E-state index contributed by atoms with van der Waals surface area (Å²) in [6.07, 6.45) is 1.64. The maximum atomic E-state index is 12.3. The smallest absolute Gasteiger partial charge is 0.259 e. The molecular formula is C14H13Cl2N3O. The Labute approximate surface area is 127 Å². The number of carbonyl (C=O) groups excluding carboxylic acids is 1. The molecule has 0 saturated heterocycles. The summed E-state index contributed by atoms with van der Waals surface area (Å²) in [5.41, 5.74) is 0.936. The fourth-order valence-electron chi connectivity index (χ4n) is 1.71. The summed E-state index contributed by atoms with van der Waals surface area (Å²) in [4.78, 5) is 18.3. The minimum Gasteiger partial charge on any atom is -0.362 e. The Morgan fingerprint density at radius 2 is 2.00 bits per heavy atom.